The number of aromatic nitrogens is 3. The van der Waals surface area contributed by atoms with Crippen LogP contribution in [0.5, 0.6) is 0 Å². The number of rotatable bonds is 4. The highest BCUT2D eigenvalue weighted by molar-refractivity contribution is 14.1. The Morgan fingerprint density at radius 2 is 1.83 bits per heavy atom. The number of anilines is 2. The number of fused-ring (bicyclic) bond motifs is 1. The molecule has 3 heterocycles. The van der Waals surface area contributed by atoms with Gasteiger partial charge in [-0.1, -0.05) is 19.1 Å². The number of hydrogen-bond donors (Lipinski definition) is 0. The van der Waals surface area contributed by atoms with Crippen molar-refractivity contribution < 1.29 is 13.2 Å². The monoisotopic (exact) mass is 528 g/mol. The lowest BCUT2D eigenvalue weighted by molar-refractivity contribution is -0.137. The van der Waals surface area contributed by atoms with Crippen LogP contribution in [0.4, 0.5) is 24.1 Å². The van der Waals surface area contributed by atoms with E-state index in [9.17, 15) is 13.2 Å². The van der Waals surface area contributed by atoms with E-state index in [1.807, 2.05) is 40.1 Å². The highest BCUT2D eigenvalue weighted by Gasteiger charge is 2.30. The van der Waals surface area contributed by atoms with E-state index >= 15 is 0 Å². The first-order valence-electron chi connectivity index (χ1n) is 8.81. The van der Waals surface area contributed by atoms with Crippen molar-refractivity contribution in [3.05, 3.63) is 62.8 Å². The van der Waals surface area contributed by atoms with Crippen molar-refractivity contribution in [3.63, 3.8) is 0 Å². The zero-order valence-corrected chi connectivity index (χ0v) is 18.5. The lowest BCUT2D eigenvalue weighted by Gasteiger charge is -2.17. The lowest BCUT2D eigenvalue weighted by atomic mass is 10.1. The summed E-state index contributed by atoms with van der Waals surface area (Å²) >= 11 is 3.71. The second kappa shape index (κ2) is 7.60. The second-order valence-electron chi connectivity index (χ2n) is 6.46. The second-order valence-corrected chi connectivity index (χ2v) is 8.54. The molecule has 29 heavy (non-hydrogen) atoms. The van der Waals surface area contributed by atoms with E-state index in [4.69, 9.17) is 4.98 Å². The van der Waals surface area contributed by atoms with Crippen LogP contribution < -0.4 is 4.90 Å². The number of benzene rings is 1. The van der Waals surface area contributed by atoms with Gasteiger partial charge in [-0.25, -0.2) is 9.97 Å². The van der Waals surface area contributed by atoms with Gasteiger partial charge in [-0.3, -0.25) is 4.40 Å². The van der Waals surface area contributed by atoms with Gasteiger partial charge in [0.2, 0.25) is 0 Å². The standard InChI is InChI=1S/C20H16F3IN4S/c1-3-15-18(28-10-14(24)8-9-17(28)25-15)27(2)19-26-16(11-29-19)12-4-6-13(7-5-12)20(21,22)23/h4-11H,3H2,1-2H3. The molecule has 0 bridgehead atoms. The molecule has 0 saturated carbocycles. The van der Waals surface area contributed by atoms with Crippen molar-refractivity contribution in [3.8, 4) is 11.3 Å². The summed E-state index contributed by atoms with van der Waals surface area (Å²) in [6.45, 7) is 2.06. The van der Waals surface area contributed by atoms with Crippen LogP contribution in [0.25, 0.3) is 16.9 Å². The van der Waals surface area contributed by atoms with Crippen LogP contribution in [-0.2, 0) is 12.6 Å². The minimum Gasteiger partial charge on any atom is -0.305 e. The number of thiazole rings is 1. The number of nitrogens with zero attached hydrogens (tertiary/aromatic N) is 4. The maximum Gasteiger partial charge on any atom is 0.416 e. The molecule has 150 valence electrons. The van der Waals surface area contributed by atoms with E-state index in [0.29, 0.717) is 11.3 Å². The molecule has 0 amide bonds. The number of pyridine rings is 1. The molecule has 0 aliphatic carbocycles. The van der Waals surface area contributed by atoms with Crippen molar-refractivity contribution >= 4 is 50.5 Å². The molecule has 9 heteroatoms. The topological polar surface area (TPSA) is 33.4 Å². The maximum atomic E-state index is 12.8. The minimum absolute atomic E-state index is 0.645. The van der Waals surface area contributed by atoms with Crippen molar-refractivity contribution in [2.75, 3.05) is 11.9 Å². The van der Waals surface area contributed by atoms with Gasteiger partial charge in [-0.2, -0.15) is 13.2 Å². The molecule has 4 nitrogen and oxygen atoms in total. The molecule has 0 spiro atoms. The van der Waals surface area contributed by atoms with Crippen molar-refractivity contribution in [1.82, 2.24) is 14.4 Å². The normalized spacial score (nSPS) is 11.9. The van der Waals surface area contributed by atoms with Crippen molar-refractivity contribution in [2.24, 2.45) is 0 Å². The van der Waals surface area contributed by atoms with Gasteiger partial charge in [-0.15, -0.1) is 11.3 Å². The Kier molecular flexibility index (Phi) is 5.28. The predicted molar refractivity (Wildman–Crippen MR) is 118 cm³/mol. The average Bonchev–Trinajstić information content (AvgIpc) is 3.31. The Hall–Kier alpha value is -2.14. The largest absolute Gasteiger partial charge is 0.416 e. The molecule has 4 rings (SSSR count). The van der Waals surface area contributed by atoms with Gasteiger partial charge in [0.1, 0.15) is 11.5 Å². The number of halogens is 4. The smallest absolute Gasteiger partial charge is 0.305 e. The van der Waals surface area contributed by atoms with Gasteiger partial charge in [0.15, 0.2) is 5.13 Å². The summed E-state index contributed by atoms with van der Waals surface area (Å²) in [7, 11) is 1.93. The lowest BCUT2D eigenvalue weighted by Crippen LogP contribution is -2.13. The maximum absolute atomic E-state index is 12.8. The minimum atomic E-state index is -4.34. The van der Waals surface area contributed by atoms with Gasteiger partial charge in [0.05, 0.1) is 17.0 Å². The molecule has 0 unspecified atom stereocenters. The molecule has 0 aliphatic heterocycles. The average molecular weight is 528 g/mol. The Morgan fingerprint density at radius 3 is 2.48 bits per heavy atom. The Bertz CT molecular complexity index is 1160. The molecule has 0 radical (unpaired) electrons. The van der Waals surface area contributed by atoms with Crippen molar-refractivity contribution in [2.45, 2.75) is 19.5 Å². The van der Waals surface area contributed by atoms with Crippen molar-refractivity contribution in [1.29, 1.82) is 0 Å². The molecule has 3 aromatic heterocycles. The van der Waals surface area contributed by atoms with Gasteiger partial charge in [-0.05, 0) is 53.3 Å². The SMILES string of the molecule is CCc1nc2ccc(I)cn2c1N(C)c1nc(-c2ccc(C(F)(F)F)cc2)cs1. The van der Waals surface area contributed by atoms with Crippen LogP contribution in [0.15, 0.2) is 48.0 Å². The van der Waals surface area contributed by atoms with E-state index < -0.39 is 11.7 Å². The van der Waals surface area contributed by atoms with Crippen LogP contribution in [0, 0.1) is 3.57 Å². The zero-order chi connectivity index (χ0) is 20.8. The Balaban J connectivity index is 1.70. The number of hydrogen-bond acceptors (Lipinski definition) is 4. The van der Waals surface area contributed by atoms with E-state index in [-0.39, 0.29) is 0 Å². The number of aryl methyl sites for hydroxylation is 1. The van der Waals surface area contributed by atoms with Crippen LogP contribution in [0.1, 0.15) is 18.2 Å². The first-order chi connectivity index (χ1) is 13.8. The summed E-state index contributed by atoms with van der Waals surface area (Å²) in [6, 6.07) is 9.07. The summed E-state index contributed by atoms with van der Waals surface area (Å²) in [5, 5.41) is 2.60. The predicted octanol–water partition coefficient (Wildman–Crippen LogP) is 6.41. The van der Waals surface area contributed by atoms with Gasteiger partial charge < -0.3 is 4.90 Å². The summed E-state index contributed by atoms with van der Waals surface area (Å²) in [4.78, 5) is 11.3. The fraction of sp³-hybridized carbons (Fsp3) is 0.200. The third-order valence-electron chi connectivity index (χ3n) is 4.57. The molecule has 1 aromatic carbocycles. The molecule has 0 atom stereocenters. The van der Waals surface area contributed by atoms with Crippen LogP contribution in [-0.4, -0.2) is 21.4 Å². The van der Waals surface area contributed by atoms with Gasteiger partial charge in [0.25, 0.3) is 0 Å². The van der Waals surface area contributed by atoms with Gasteiger partial charge in [0, 0.05) is 27.8 Å². The fourth-order valence-corrected chi connectivity index (χ4v) is 4.38. The molecule has 0 saturated heterocycles. The summed E-state index contributed by atoms with van der Waals surface area (Å²) < 4.78 is 41.5. The van der Waals surface area contributed by atoms with E-state index in [2.05, 4.69) is 34.5 Å². The fourth-order valence-electron chi connectivity index (χ4n) is 3.12. The van der Waals surface area contributed by atoms with Crippen LogP contribution in [0.3, 0.4) is 0 Å². The zero-order valence-electron chi connectivity index (χ0n) is 15.5. The van der Waals surface area contributed by atoms with E-state index in [1.165, 1.54) is 23.5 Å². The highest BCUT2D eigenvalue weighted by Crippen LogP contribution is 2.35. The highest BCUT2D eigenvalue weighted by atomic mass is 127. The van der Waals surface area contributed by atoms with Crippen LogP contribution in [0.2, 0.25) is 0 Å². The van der Waals surface area contributed by atoms with E-state index in [1.54, 1.807) is 0 Å². The molecule has 0 aliphatic rings. The molecule has 0 N–H and O–H groups in total. The third-order valence-corrected chi connectivity index (χ3v) is 6.12. The third kappa shape index (κ3) is 3.85. The number of imidazole rings is 1. The first kappa shape index (κ1) is 20.1. The molecule has 0 fully saturated rings. The molecular formula is C20H16F3IN4S. The molecule has 4 aromatic rings. The summed E-state index contributed by atoms with van der Waals surface area (Å²) in [5.74, 6) is 0.939. The quantitative estimate of drug-likeness (QED) is 0.287. The van der Waals surface area contributed by atoms with Gasteiger partial charge >= 0.3 is 6.18 Å². The summed E-state index contributed by atoms with van der Waals surface area (Å²) in [5.41, 5.74) is 2.45. The van der Waals surface area contributed by atoms with E-state index in [0.717, 1.165) is 44.4 Å². The van der Waals surface area contributed by atoms with Crippen LogP contribution >= 0.6 is 33.9 Å². The number of alkyl halides is 3. The summed E-state index contributed by atoms with van der Waals surface area (Å²) in [6.07, 6.45) is -1.55. The first-order valence-corrected chi connectivity index (χ1v) is 10.8. The Morgan fingerprint density at radius 1 is 1.10 bits per heavy atom. The molecular weight excluding hydrogens is 512 g/mol. The Labute approximate surface area is 183 Å².